The van der Waals surface area contributed by atoms with Gasteiger partial charge in [0, 0.05) is 6.42 Å². The van der Waals surface area contributed by atoms with Crippen LogP contribution in [-0.2, 0) is 16.0 Å². The highest BCUT2D eigenvalue weighted by Crippen LogP contribution is 2.45. The van der Waals surface area contributed by atoms with E-state index in [2.05, 4.69) is 0 Å². The van der Waals surface area contributed by atoms with E-state index in [0.717, 1.165) is 5.56 Å². The summed E-state index contributed by atoms with van der Waals surface area (Å²) in [4.78, 5) is 11.4. The molecule has 1 aromatic carbocycles. The third-order valence-corrected chi connectivity index (χ3v) is 3.61. The Bertz CT molecular complexity index is 487. The molecule has 0 saturated carbocycles. The van der Waals surface area contributed by atoms with Gasteiger partial charge in [-0.25, -0.2) is 8.78 Å². The summed E-state index contributed by atoms with van der Waals surface area (Å²) in [5.41, 5.74) is -0.662. The van der Waals surface area contributed by atoms with Crippen molar-refractivity contribution < 1.29 is 23.4 Å². The van der Waals surface area contributed by atoms with E-state index in [1.165, 1.54) is 0 Å². The monoisotopic (exact) mass is 270 g/mol. The smallest absolute Gasteiger partial charge is 0.318 e. The van der Waals surface area contributed by atoms with Gasteiger partial charge in [-0.05, 0) is 18.9 Å². The third-order valence-electron chi connectivity index (χ3n) is 3.61. The zero-order valence-electron chi connectivity index (χ0n) is 10.7. The lowest BCUT2D eigenvalue weighted by atomic mass is 9.74. The molecule has 1 aromatic rings. The highest BCUT2D eigenvalue weighted by atomic mass is 19.3. The number of carboxylic acid groups (broad SMARTS) is 1. The summed E-state index contributed by atoms with van der Waals surface area (Å²) in [6.45, 7) is 1.28. The van der Waals surface area contributed by atoms with E-state index in [1.54, 1.807) is 18.2 Å². The standard InChI is InChI=1S/C14H16F2O3/c1-10-3-2-4-11(7-10)8-13(12(17)18)9-19-6-5-14(13,15)16/h2-4,7H,5-6,8-9H2,1H3,(H,17,18). The summed E-state index contributed by atoms with van der Waals surface area (Å²) in [6, 6.07) is 6.98. The predicted molar refractivity (Wildman–Crippen MR) is 65.3 cm³/mol. The van der Waals surface area contributed by atoms with E-state index in [9.17, 15) is 18.7 Å². The largest absolute Gasteiger partial charge is 0.481 e. The van der Waals surface area contributed by atoms with Crippen LogP contribution in [0.4, 0.5) is 8.78 Å². The minimum Gasteiger partial charge on any atom is -0.481 e. The van der Waals surface area contributed by atoms with Gasteiger partial charge in [-0.15, -0.1) is 0 Å². The van der Waals surface area contributed by atoms with Gasteiger partial charge >= 0.3 is 5.97 Å². The van der Waals surface area contributed by atoms with Crippen LogP contribution in [0.5, 0.6) is 0 Å². The molecule has 3 nitrogen and oxygen atoms in total. The Labute approximate surface area is 110 Å². The number of hydrogen-bond acceptors (Lipinski definition) is 2. The molecule has 0 spiro atoms. The highest BCUT2D eigenvalue weighted by Gasteiger charge is 2.61. The van der Waals surface area contributed by atoms with Crippen LogP contribution in [0, 0.1) is 12.3 Å². The molecule has 0 amide bonds. The number of halogens is 2. The molecule has 1 heterocycles. The lowest BCUT2D eigenvalue weighted by molar-refractivity contribution is -0.215. The predicted octanol–water partition coefficient (Wildman–Crippen LogP) is 2.66. The van der Waals surface area contributed by atoms with Gasteiger partial charge in [-0.1, -0.05) is 29.8 Å². The van der Waals surface area contributed by atoms with Gasteiger partial charge in [0.1, 0.15) is 0 Å². The molecule has 0 aliphatic carbocycles. The van der Waals surface area contributed by atoms with E-state index in [1.807, 2.05) is 13.0 Å². The van der Waals surface area contributed by atoms with Gasteiger partial charge in [-0.3, -0.25) is 4.79 Å². The zero-order chi connectivity index (χ0) is 14.1. The minimum absolute atomic E-state index is 0.101. The SMILES string of the molecule is Cc1cccc(CC2(C(=O)O)COCCC2(F)F)c1. The van der Waals surface area contributed by atoms with Crippen LogP contribution in [0.25, 0.3) is 0 Å². The maximum Gasteiger partial charge on any atom is 0.318 e. The average molecular weight is 270 g/mol. The second-order valence-corrected chi connectivity index (χ2v) is 5.06. The van der Waals surface area contributed by atoms with Crippen LogP contribution in [0.3, 0.4) is 0 Å². The Balaban J connectivity index is 2.37. The van der Waals surface area contributed by atoms with Gasteiger partial charge < -0.3 is 9.84 Å². The van der Waals surface area contributed by atoms with Crippen molar-refractivity contribution >= 4 is 5.97 Å². The fourth-order valence-corrected chi connectivity index (χ4v) is 2.44. The molecule has 1 fully saturated rings. The Morgan fingerprint density at radius 2 is 2.21 bits per heavy atom. The van der Waals surface area contributed by atoms with E-state index in [4.69, 9.17) is 4.74 Å². The molecule has 0 bridgehead atoms. The van der Waals surface area contributed by atoms with Gasteiger partial charge in [0.25, 0.3) is 5.92 Å². The van der Waals surface area contributed by atoms with Crippen molar-refractivity contribution in [3.63, 3.8) is 0 Å². The van der Waals surface area contributed by atoms with Gasteiger partial charge in [-0.2, -0.15) is 0 Å². The van der Waals surface area contributed by atoms with E-state index in [-0.39, 0.29) is 13.0 Å². The Morgan fingerprint density at radius 3 is 2.79 bits per heavy atom. The average Bonchev–Trinajstić information content (AvgIpc) is 2.31. The minimum atomic E-state index is -3.26. The first-order valence-corrected chi connectivity index (χ1v) is 6.12. The molecule has 1 atom stereocenters. The van der Waals surface area contributed by atoms with Crippen molar-refractivity contribution in [2.24, 2.45) is 5.41 Å². The van der Waals surface area contributed by atoms with Crippen molar-refractivity contribution in [3.8, 4) is 0 Å². The zero-order valence-corrected chi connectivity index (χ0v) is 10.7. The summed E-state index contributed by atoms with van der Waals surface area (Å²) >= 11 is 0. The molecular weight excluding hydrogens is 254 g/mol. The first-order valence-electron chi connectivity index (χ1n) is 6.12. The number of carbonyl (C=O) groups is 1. The Kier molecular flexibility index (Phi) is 3.58. The molecule has 1 saturated heterocycles. The van der Waals surface area contributed by atoms with Crippen LogP contribution < -0.4 is 0 Å². The molecule has 5 heteroatoms. The molecular formula is C14H16F2O3. The molecule has 1 aliphatic heterocycles. The number of carboxylic acids is 1. The van der Waals surface area contributed by atoms with E-state index in [0.29, 0.717) is 5.56 Å². The summed E-state index contributed by atoms with van der Waals surface area (Å²) in [5.74, 6) is -4.76. The van der Waals surface area contributed by atoms with Crippen molar-refractivity contribution in [3.05, 3.63) is 35.4 Å². The fourth-order valence-electron chi connectivity index (χ4n) is 2.44. The van der Waals surface area contributed by atoms with E-state index < -0.39 is 30.3 Å². The lowest BCUT2D eigenvalue weighted by Gasteiger charge is -2.40. The van der Waals surface area contributed by atoms with Crippen molar-refractivity contribution in [2.45, 2.75) is 25.7 Å². The second kappa shape index (κ2) is 4.89. The molecule has 1 unspecified atom stereocenters. The number of hydrogen-bond donors (Lipinski definition) is 1. The molecule has 1 aliphatic rings. The number of benzene rings is 1. The number of ether oxygens (including phenoxy) is 1. The molecule has 19 heavy (non-hydrogen) atoms. The number of alkyl halides is 2. The Hall–Kier alpha value is -1.49. The number of aryl methyl sites for hydroxylation is 1. The van der Waals surface area contributed by atoms with Crippen LogP contribution in [0.1, 0.15) is 17.5 Å². The highest BCUT2D eigenvalue weighted by molar-refractivity contribution is 5.77. The molecule has 2 rings (SSSR count). The first kappa shape index (κ1) is 13.9. The van der Waals surface area contributed by atoms with Gasteiger partial charge in [0.05, 0.1) is 13.2 Å². The van der Waals surface area contributed by atoms with E-state index >= 15 is 0 Å². The molecule has 104 valence electrons. The van der Waals surface area contributed by atoms with Crippen molar-refractivity contribution in [1.82, 2.24) is 0 Å². The fraction of sp³-hybridized carbons (Fsp3) is 0.500. The van der Waals surface area contributed by atoms with Crippen LogP contribution >= 0.6 is 0 Å². The van der Waals surface area contributed by atoms with Gasteiger partial charge in [0.15, 0.2) is 5.41 Å². The Morgan fingerprint density at radius 1 is 1.47 bits per heavy atom. The quantitative estimate of drug-likeness (QED) is 0.918. The maximum absolute atomic E-state index is 14.1. The summed E-state index contributed by atoms with van der Waals surface area (Å²) in [5, 5.41) is 9.29. The number of aliphatic carboxylic acids is 1. The number of rotatable bonds is 3. The topological polar surface area (TPSA) is 46.5 Å². The summed E-state index contributed by atoms with van der Waals surface area (Å²) < 4.78 is 33.2. The molecule has 0 radical (unpaired) electrons. The summed E-state index contributed by atoms with van der Waals surface area (Å²) in [6.07, 6.45) is -0.776. The van der Waals surface area contributed by atoms with Crippen LogP contribution in [-0.4, -0.2) is 30.2 Å². The molecule has 1 N–H and O–H groups in total. The normalized spacial score (nSPS) is 26.1. The van der Waals surface area contributed by atoms with Crippen molar-refractivity contribution in [2.75, 3.05) is 13.2 Å². The summed E-state index contributed by atoms with van der Waals surface area (Å²) in [7, 11) is 0. The third kappa shape index (κ3) is 2.47. The molecule has 0 aromatic heterocycles. The van der Waals surface area contributed by atoms with Crippen LogP contribution in [0.2, 0.25) is 0 Å². The second-order valence-electron chi connectivity index (χ2n) is 5.06. The van der Waals surface area contributed by atoms with Crippen molar-refractivity contribution in [1.29, 1.82) is 0 Å². The van der Waals surface area contributed by atoms with Crippen LogP contribution in [0.15, 0.2) is 24.3 Å². The first-order chi connectivity index (χ1) is 8.87. The maximum atomic E-state index is 14.1. The van der Waals surface area contributed by atoms with Gasteiger partial charge in [0.2, 0.25) is 0 Å². The lowest BCUT2D eigenvalue weighted by Crippen LogP contribution is -2.55.